The smallest absolute Gasteiger partial charge is 0.257 e. The van der Waals surface area contributed by atoms with Crippen LogP contribution in [0, 0.1) is 17.8 Å². The average molecular weight is 1070 g/mol. The fourth-order valence-corrected chi connectivity index (χ4v) is 9.33. The first-order chi connectivity index (χ1) is 37.9. The predicted molar refractivity (Wildman–Crippen MR) is 286 cm³/mol. The number of hydrogen-bond donors (Lipinski definition) is 2. The maximum absolute atomic E-state index is 13.6. The number of imide groups is 1. The summed E-state index contributed by atoms with van der Waals surface area (Å²) in [5.74, 6) is 6.56. The van der Waals surface area contributed by atoms with Gasteiger partial charge in [0.05, 0.1) is 108 Å². The molecule has 2 fully saturated rings. The highest BCUT2D eigenvalue weighted by atomic mass is 16.6. The molecule has 8 rings (SSSR count). The minimum atomic E-state index is -0.419. The monoisotopic (exact) mass is 1070 g/mol. The van der Waals surface area contributed by atoms with Crippen LogP contribution in [0.3, 0.4) is 0 Å². The average Bonchev–Trinajstić information content (AvgIpc) is 4.09. The number of carbonyl (C=O) groups is 6. The molecule has 2 N–H and O–H groups in total. The molecule has 5 aliphatic rings. The van der Waals surface area contributed by atoms with E-state index in [9.17, 15) is 28.8 Å². The maximum Gasteiger partial charge on any atom is 0.257 e. The zero-order valence-electron chi connectivity index (χ0n) is 44.2. The molecule has 0 aromatic heterocycles. The SMILES string of the molecule is C=C1C[C@H]2C=Nc3cc(OCc4cc(C#CCNC(=O)CCOCCOCCOCCOCCNC(=O)CCN5C(=O)C=CC5=O)cc(COc5cc6c(cc5OC)C(=O)N5CC(C)CC5C=N6)c4)c(OC)cc3C(=O)N2C1. The number of hydrogen-bond acceptors (Lipinski definition) is 16. The van der Waals surface area contributed by atoms with Crippen LogP contribution in [-0.2, 0) is 51.3 Å². The molecule has 412 valence electrons. The molecule has 21 heteroatoms. The summed E-state index contributed by atoms with van der Waals surface area (Å²) in [7, 11) is 3.04. The van der Waals surface area contributed by atoms with Gasteiger partial charge in [-0.3, -0.25) is 43.7 Å². The molecule has 0 aliphatic carbocycles. The molecule has 0 radical (unpaired) electrons. The Bertz CT molecular complexity index is 2890. The molecule has 3 aromatic rings. The summed E-state index contributed by atoms with van der Waals surface area (Å²) in [6.45, 7) is 10.4. The molecule has 3 aromatic carbocycles. The number of fused-ring (bicyclic) bond motifs is 4. The minimum absolute atomic E-state index is 0.0190. The van der Waals surface area contributed by atoms with E-state index in [4.69, 9.17) is 42.9 Å². The molecule has 0 saturated carbocycles. The van der Waals surface area contributed by atoms with Crippen LogP contribution < -0.4 is 29.6 Å². The highest BCUT2D eigenvalue weighted by Gasteiger charge is 2.37. The Balaban J connectivity index is 0.789. The van der Waals surface area contributed by atoms with Gasteiger partial charge < -0.3 is 58.3 Å². The zero-order chi connectivity index (χ0) is 55.0. The number of rotatable bonds is 27. The van der Waals surface area contributed by atoms with Crippen LogP contribution in [0.15, 0.2) is 76.8 Å². The van der Waals surface area contributed by atoms with E-state index in [0.29, 0.717) is 116 Å². The second-order valence-corrected chi connectivity index (χ2v) is 19.1. The van der Waals surface area contributed by atoms with Crippen LogP contribution in [0.1, 0.15) is 70.0 Å². The second-order valence-electron chi connectivity index (χ2n) is 19.1. The second kappa shape index (κ2) is 27.4. The van der Waals surface area contributed by atoms with Gasteiger partial charge in [0, 0.05) is 81.3 Å². The van der Waals surface area contributed by atoms with E-state index in [1.807, 2.05) is 29.3 Å². The van der Waals surface area contributed by atoms with Crippen LogP contribution in [0.25, 0.3) is 0 Å². The van der Waals surface area contributed by atoms with Crippen molar-refractivity contribution in [1.29, 1.82) is 0 Å². The van der Waals surface area contributed by atoms with E-state index in [-0.39, 0.29) is 94.6 Å². The summed E-state index contributed by atoms with van der Waals surface area (Å²) in [5, 5.41) is 5.49. The number of methoxy groups -OCH3 is 2. The number of ether oxygens (including phenoxy) is 8. The van der Waals surface area contributed by atoms with Gasteiger partial charge in [0.15, 0.2) is 23.0 Å². The molecule has 5 aliphatic heterocycles. The van der Waals surface area contributed by atoms with Crippen molar-refractivity contribution in [3.05, 3.63) is 94.6 Å². The van der Waals surface area contributed by atoms with E-state index in [0.717, 1.165) is 28.0 Å². The normalized spacial score (nSPS) is 18.0. The van der Waals surface area contributed by atoms with Gasteiger partial charge in [-0.2, -0.15) is 0 Å². The Morgan fingerprint density at radius 3 is 1.82 bits per heavy atom. The van der Waals surface area contributed by atoms with Crippen molar-refractivity contribution in [2.75, 3.05) is 99.8 Å². The third-order valence-electron chi connectivity index (χ3n) is 13.2. The first-order valence-electron chi connectivity index (χ1n) is 25.9. The third-order valence-corrected chi connectivity index (χ3v) is 13.2. The summed E-state index contributed by atoms with van der Waals surface area (Å²) in [6.07, 6.45) is 7.64. The lowest BCUT2D eigenvalue weighted by molar-refractivity contribution is -0.137. The summed E-state index contributed by atoms with van der Waals surface area (Å²) in [4.78, 5) is 88.9. The minimum Gasteiger partial charge on any atom is -0.493 e. The molecule has 0 bridgehead atoms. The van der Waals surface area contributed by atoms with E-state index >= 15 is 0 Å². The van der Waals surface area contributed by atoms with E-state index in [1.54, 1.807) is 35.4 Å². The summed E-state index contributed by atoms with van der Waals surface area (Å²) < 4.78 is 46.2. The van der Waals surface area contributed by atoms with Gasteiger partial charge in [-0.15, -0.1) is 0 Å². The molecule has 78 heavy (non-hydrogen) atoms. The van der Waals surface area contributed by atoms with Crippen LogP contribution >= 0.6 is 0 Å². The Kier molecular flexibility index (Phi) is 19.8. The number of nitrogens with zero attached hydrogens (tertiary/aromatic N) is 5. The first kappa shape index (κ1) is 56.3. The van der Waals surface area contributed by atoms with Crippen LogP contribution in [0.2, 0.25) is 0 Å². The zero-order valence-corrected chi connectivity index (χ0v) is 44.2. The fourth-order valence-electron chi connectivity index (χ4n) is 9.33. The Morgan fingerprint density at radius 1 is 0.667 bits per heavy atom. The van der Waals surface area contributed by atoms with Gasteiger partial charge in [-0.05, 0) is 60.2 Å². The van der Waals surface area contributed by atoms with Gasteiger partial charge >= 0.3 is 0 Å². The lowest BCUT2D eigenvalue weighted by atomic mass is 10.1. The van der Waals surface area contributed by atoms with Crippen molar-refractivity contribution in [3.63, 3.8) is 0 Å². The molecule has 6 amide bonds. The topological polar surface area (TPSA) is 235 Å². The Labute approximate surface area is 452 Å². The van der Waals surface area contributed by atoms with Crippen molar-refractivity contribution in [1.82, 2.24) is 25.3 Å². The standard InChI is InChI=1S/C57H65N7O14/c1-37-22-42-31-60-46-29-50(48(71-3)27-44(46)56(69)63(42)33-37)77-35-40-24-39(25-41(26-40)36-78-51-30-47-45(28-49(51)72-4)57(70)64-34-38(2)23-43(64)32-61-47)6-5-11-58-53(66)10-14-73-16-18-75-20-21-76-19-17-74-15-12-59-52(65)9-13-62-54(67)7-8-55(62)68/h7-8,24-32,38,42-43H,1,9-23,33-36H2,2-4H3,(H,58,66)(H,59,65)/t38?,42-,43?/m0/s1. The summed E-state index contributed by atoms with van der Waals surface area (Å²) in [5.41, 5.74) is 4.96. The third kappa shape index (κ3) is 15.0. The number of carbonyl (C=O) groups excluding carboxylic acids is 6. The molecule has 2 saturated heterocycles. The van der Waals surface area contributed by atoms with Gasteiger partial charge in [-0.1, -0.05) is 30.9 Å². The number of nitrogens with one attached hydrogen (secondary N) is 2. The lowest BCUT2D eigenvalue weighted by Gasteiger charge is -2.20. The van der Waals surface area contributed by atoms with E-state index < -0.39 is 11.8 Å². The molecule has 0 spiro atoms. The molecule has 3 atom stereocenters. The fraction of sp³-hybridized carbons (Fsp3) is 0.439. The number of amides is 6. The molecule has 5 heterocycles. The van der Waals surface area contributed by atoms with Crippen molar-refractivity contribution >= 4 is 59.2 Å². The summed E-state index contributed by atoms with van der Waals surface area (Å²) >= 11 is 0. The lowest BCUT2D eigenvalue weighted by Crippen LogP contribution is -2.35. The van der Waals surface area contributed by atoms with Crippen LogP contribution in [-0.4, -0.2) is 174 Å². The van der Waals surface area contributed by atoms with Crippen LogP contribution in [0.4, 0.5) is 11.4 Å². The van der Waals surface area contributed by atoms with Gasteiger partial charge in [0.2, 0.25) is 11.8 Å². The van der Waals surface area contributed by atoms with Crippen molar-refractivity contribution in [3.8, 4) is 34.8 Å². The van der Waals surface area contributed by atoms with Crippen molar-refractivity contribution in [2.24, 2.45) is 15.9 Å². The van der Waals surface area contributed by atoms with Gasteiger partial charge in [-0.25, -0.2) is 0 Å². The largest absolute Gasteiger partial charge is 0.493 e. The van der Waals surface area contributed by atoms with Crippen LogP contribution in [0.5, 0.6) is 23.0 Å². The van der Waals surface area contributed by atoms with Gasteiger partial charge in [0.25, 0.3) is 23.6 Å². The Morgan fingerprint density at radius 2 is 1.22 bits per heavy atom. The highest BCUT2D eigenvalue weighted by molar-refractivity contribution is 6.13. The van der Waals surface area contributed by atoms with Crippen molar-refractivity contribution < 1.29 is 66.7 Å². The van der Waals surface area contributed by atoms with E-state index in [1.165, 1.54) is 26.4 Å². The maximum atomic E-state index is 13.6. The Hall–Kier alpha value is -7.90. The molecule has 21 nitrogen and oxygen atoms in total. The molecule has 2 unspecified atom stereocenters. The predicted octanol–water partition coefficient (Wildman–Crippen LogP) is 4.27. The highest BCUT2D eigenvalue weighted by Crippen LogP contribution is 2.41. The van der Waals surface area contributed by atoms with Gasteiger partial charge in [0.1, 0.15) is 13.2 Å². The number of benzene rings is 3. The molecular formula is C57H65N7O14. The first-order valence-corrected chi connectivity index (χ1v) is 25.9. The summed E-state index contributed by atoms with van der Waals surface area (Å²) in [6, 6.07) is 12.2. The number of aliphatic imine (C=N–C) groups is 2. The van der Waals surface area contributed by atoms with Crippen molar-refractivity contribution in [2.45, 2.75) is 57.9 Å². The molecular weight excluding hydrogens is 1010 g/mol. The quantitative estimate of drug-likeness (QED) is 0.0470. The van der Waals surface area contributed by atoms with E-state index in [2.05, 4.69) is 41.0 Å².